The van der Waals surface area contributed by atoms with E-state index < -0.39 is 0 Å². The molecule has 0 aliphatic carbocycles. The van der Waals surface area contributed by atoms with Crippen LogP contribution in [-0.4, -0.2) is 14.6 Å². The van der Waals surface area contributed by atoms with Crippen LogP contribution < -0.4 is 10.1 Å². The van der Waals surface area contributed by atoms with Crippen molar-refractivity contribution in [2.75, 3.05) is 0 Å². The largest absolute Gasteiger partial charge is 0.457 e. The summed E-state index contributed by atoms with van der Waals surface area (Å²) in [6.07, 6.45) is 1.67. The molecule has 0 fully saturated rings. The lowest BCUT2D eigenvalue weighted by molar-refractivity contribution is 0.571. The third-order valence-electron chi connectivity index (χ3n) is 4.32. The maximum absolute atomic E-state index is 12.7. The van der Waals surface area contributed by atoms with Gasteiger partial charge in [-0.15, -0.1) is 5.10 Å². The van der Waals surface area contributed by atoms with Crippen molar-refractivity contribution in [1.82, 2.24) is 14.6 Å². The van der Waals surface area contributed by atoms with E-state index >= 15 is 0 Å². The topological polar surface area (TPSA) is 60.4 Å². The fraction of sp³-hybridized carbons (Fsp3) is 0. The average molecular weight is 440 g/mol. The first-order valence-electron chi connectivity index (χ1n) is 8.61. The van der Waals surface area contributed by atoms with Crippen molar-refractivity contribution < 1.29 is 4.42 Å². The van der Waals surface area contributed by atoms with Gasteiger partial charge in [0.05, 0.1) is 15.6 Å². The molecule has 8 heteroatoms. The van der Waals surface area contributed by atoms with E-state index in [1.165, 1.54) is 15.9 Å². The number of nitrogens with zero attached hydrogens (tertiary/aromatic N) is 3. The van der Waals surface area contributed by atoms with E-state index in [9.17, 15) is 4.79 Å². The van der Waals surface area contributed by atoms with E-state index in [1.807, 2.05) is 30.3 Å². The van der Waals surface area contributed by atoms with Crippen LogP contribution in [0.1, 0.15) is 5.76 Å². The number of fused-ring (bicyclic) bond motifs is 1. The first-order chi connectivity index (χ1) is 14.1. The van der Waals surface area contributed by atoms with E-state index in [0.717, 1.165) is 5.56 Å². The second-order valence-corrected chi connectivity index (χ2v) is 8.03. The molecule has 0 aliphatic heterocycles. The maximum Gasteiger partial charge on any atom is 0.291 e. The first-order valence-corrected chi connectivity index (χ1v) is 10.2. The number of thiazole rings is 1. The Morgan fingerprint density at radius 1 is 0.966 bits per heavy atom. The molecule has 0 unspecified atom stereocenters. The molecule has 0 bridgehead atoms. The highest BCUT2D eigenvalue weighted by Crippen LogP contribution is 2.35. The lowest BCUT2D eigenvalue weighted by atomic mass is 10.2. The predicted octanol–water partition coefficient (Wildman–Crippen LogP) is 4.93. The molecular weight excluding hydrogens is 429 g/mol. The van der Waals surface area contributed by atoms with E-state index in [4.69, 9.17) is 27.6 Å². The van der Waals surface area contributed by atoms with Gasteiger partial charge in [0.2, 0.25) is 4.96 Å². The minimum Gasteiger partial charge on any atom is -0.457 e. The molecule has 0 N–H and O–H groups in total. The first kappa shape index (κ1) is 18.1. The number of hydrogen-bond acceptors (Lipinski definition) is 5. The molecule has 142 valence electrons. The quantitative estimate of drug-likeness (QED) is 0.399. The fourth-order valence-electron chi connectivity index (χ4n) is 2.97. The minimum atomic E-state index is -0.242. The number of rotatable bonds is 3. The highest BCUT2D eigenvalue weighted by atomic mass is 35.5. The molecule has 0 radical (unpaired) electrons. The average Bonchev–Trinajstić information content (AvgIpc) is 3.41. The number of hydrogen-bond donors (Lipinski definition) is 0. The Morgan fingerprint density at radius 2 is 1.72 bits per heavy atom. The van der Waals surface area contributed by atoms with Gasteiger partial charge in [0.15, 0.2) is 5.82 Å². The third kappa shape index (κ3) is 3.25. The molecule has 5 aromatic rings. The van der Waals surface area contributed by atoms with Crippen molar-refractivity contribution in [2.45, 2.75) is 0 Å². The van der Waals surface area contributed by atoms with Crippen LogP contribution in [0.2, 0.25) is 10.0 Å². The zero-order chi connectivity index (χ0) is 20.0. The normalized spacial score (nSPS) is 12.1. The molecule has 3 aromatic heterocycles. The summed E-state index contributed by atoms with van der Waals surface area (Å²) in [5, 5.41) is 5.33. The SMILES string of the molecule is O=c1/c(=C/c2ccc(-c3c(Cl)cccc3Cl)o2)sc2nc(-c3ccccc3)nn12. The Kier molecular flexibility index (Phi) is 4.47. The Morgan fingerprint density at radius 3 is 2.45 bits per heavy atom. The molecule has 5 rings (SSSR count). The monoisotopic (exact) mass is 439 g/mol. The number of halogens is 2. The summed E-state index contributed by atoms with van der Waals surface area (Å²) in [6.45, 7) is 0. The zero-order valence-electron chi connectivity index (χ0n) is 14.7. The van der Waals surface area contributed by atoms with Gasteiger partial charge in [-0.1, -0.05) is 70.9 Å². The summed E-state index contributed by atoms with van der Waals surface area (Å²) in [5.41, 5.74) is 1.24. The molecule has 0 amide bonds. The van der Waals surface area contributed by atoms with Crippen molar-refractivity contribution in [1.29, 1.82) is 0 Å². The second-order valence-electron chi connectivity index (χ2n) is 6.21. The number of furan rings is 1. The van der Waals surface area contributed by atoms with Crippen LogP contribution in [-0.2, 0) is 0 Å². The second kappa shape index (κ2) is 7.15. The lowest BCUT2D eigenvalue weighted by Gasteiger charge is -2.02. The Bertz CT molecular complexity index is 1430. The molecule has 0 saturated heterocycles. The molecule has 3 heterocycles. The Labute approximate surface area is 178 Å². The van der Waals surface area contributed by atoms with Crippen LogP contribution in [0.3, 0.4) is 0 Å². The summed E-state index contributed by atoms with van der Waals surface area (Å²) in [5.74, 6) is 1.57. The van der Waals surface area contributed by atoms with E-state index in [2.05, 4.69) is 10.1 Å². The molecule has 0 spiro atoms. The Balaban J connectivity index is 1.55. The Hall–Kier alpha value is -2.93. The summed E-state index contributed by atoms with van der Waals surface area (Å²) in [7, 11) is 0. The van der Waals surface area contributed by atoms with Gasteiger partial charge in [0.25, 0.3) is 5.56 Å². The van der Waals surface area contributed by atoms with Crippen LogP contribution in [0, 0.1) is 0 Å². The van der Waals surface area contributed by atoms with Crippen LogP contribution in [0.25, 0.3) is 33.7 Å². The number of aromatic nitrogens is 3. The maximum atomic E-state index is 12.7. The highest BCUT2D eigenvalue weighted by molar-refractivity contribution is 7.15. The van der Waals surface area contributed by atoms with Crippen LogP contribution in [0.15, 0.2) is 69.9 Å². The van der Waals surface area contributed by atoms with Gasteiger partial charge in [0, 0.05) is 11.6 Å². The summed E-state index contributed by atoms with van der Waals surface area (Å²) in [4.78, 5) is 17.7. The van der Waals surface area contributed by atoms with Gasteiger partial charge < -0.3 is 4.42 Å². The van der Waals surface area contributed by atoms with Gasteiger partial charge in [0.1, 0.15) is 16.1 Å². The summed E-state index contributed by atoms with van der Waals surface area (Å²) in [6, 6.07) is 18.3. The lowest BCUT2D eigenvalue weighted by Crippen LogP contribution is -2.23. The van der Waals surface area contributed by atoms with Crippen molar-refractivity contribution >= 4 is 45.6 Å². The molecule has 29 heavy (non-hydrogen) atoms. The molecule has 5 nitrogen and oxygen atoms in total. The van der Waals surface area contributed by atoms with Gasteiger partial charge in [-0.05, 0) is 24.3 Å². The van der Waals surface area contributed by atoms with Gasteiger partial charge in [-0.2, -0.15) is 9.50 Å². The van der Waals surface area contributed by atoms with Crippen LogP contribution in [0.4, 0.5) is 0 Å². The molecule has 2 aromatic carbocycles. The van der Waals surface area contributed by atoms with E-state index in [1.54, 1.807) is 36.4 Å². The molecule has 0 aliphatic rings. The van der Waals surface area contributed by atoms with E-state index in [-0.39, 0.29) is 5.56 Å². The van der Waals surface area contributed by atoms with Gasteiger partial charge in [-0.25, -0.2) is 0 Å². The zero-order valence-corrected chi connectivity index (χ0v) is 17.0. The summed E-state index contributed by atoms with van der Waals surface area (Å²) < 4.78 is 7.64. The molecular formula is C21H11Cl2N3O2S. The summed E-state index contributed by atoms with van der Waals surface area (Å²) >= 11 is 13.7. The van der Waals surface area contributed by atoms with Crippen LogP contribution >= 0.6 is 34.5 Å². The molecule has 0 atom stereocenters. The smallest absolute Gasteiger partial charge is 0.291 e. The van der Waals surface area contributed by atoms with Crippen molar-refractivity contribution in [3.05, 3.63) is 91.4 Å². The third-order valence-corrected chi connectivity index (χ3v) is 5.91. The fourth-order valence-corrected chi connectivity index (χ4v) is 4.44. The van der Waals surface area contributed by atoms with Crippen LogP contribution in [0.5, 0.6) is 0 Å². The van der Waals surface area contributed by atoms with E-state index in [0.29, 0.717) is 42.4 Å². The van der Waals surface area contributed by atoms with Crippen molar-refractivity contribution in [3.63, 3.8) is 0 Å². The van der Waals surface area contributed by atoms with Crippen molar-refractivity contribution in [2.24, 2.45) is 0 Å². The minimum absolute atomic E-state index is 0.242. The highest BCUT2D eigenvalue weighted by Gasteiger charge is 2.14. The van der Waals surface area contributed by atoms with Crippen molar-refractivity contribution in [3.8, 4) is 22.7 Å². The predicted molar refractivity (Wildman–Crippen MR) is 116 cm³/mol. The number of benzene rings is 2. The molecule has 0 saturated carbocycles. The van der Waals surface area contributed by atoms with Gasteiger partial charge in [-0.3, -0.25) is 4.79 Å². The standard InChI is InChI=1S/C21H11Cl2N3O2S/c22-14-7-4-8-15(23)18(14)16-10-9-13(28-16)11-17-20(27)26-21(29-17)24-19(25-26)12-5-2-1-3-6-12/h1-11H/b17-11-. The van der Waals surface area contributed by atoms with Gasteiger partial charge >= 0.3 is 0 Å².